The smallest absolute Gasteiger partial charge is 0.176 e. The predicted molar refractivity (Wildman–Crippen MR) is 100 cm³/mol. The van der Waals surface area contributed by atoms with Gasteiger partial charge < -0.3 is 15.0 Å². The third-order valence-corrected chi connectivity index (χ3v) is 5.30. The standard InChI is InChI=1S/C20H31N3O2/c1-17-4-2-11-23(17)12-3-15-25-19-7-5-18(6-8-19)20(24)16-22-13-9-21-10-14-22/h5-8,17,21H,2-4,9-16H2,1H3. The molecule has 1 N–H and O–H groups in total. The Morgan fingerprint density at radius 3 is 2.64 bits per heavy atom. The van der Waals surface area contributed by atoms with E-state index in [2.05, 4.69) is 22.0 Å². The molecule has 3 rings (SSSR count). The summed E-state index contributed by atoms with van der Waals surface area (Å²) < 4.78 is 5.83. The van der Waals surface area contributed by atoms with Crippen molar-refractivity contribution >= 4 is 5.78 Å². The summed E-state index contributed by atoms with van der Waals surface area (Å²) in [5.41, 5.74) is 0.775. The Kier molecular flexibility index (Phi) is 6.84. The fraction of sp³-hybridized carbons (Fsp3) is 0.650. The third-order valence-electron chi connectivity index (χ3n) is 5.30. The van der Waals surface area contributed by atoms with Gasteiger partial charge in [0.2, 0.25) is 0 Å². The molecule has 1 unspecified atom stereocenters. The first-order valence-corrected chi connectivity index (χ1v) is 9.65. The summed E-state index contributed by atoms with van der Waals surface area (Å²) in [7, 11) is 0. The number of benzene rings is 1. The Balaban J connectivity index is 1.38. The van der Waals surface area contributed by atoms with Crippen LogP contribution in [0.5, 0.6) is 5.75 Å². The van der Waals surface area contributed by atoms with E-state index in [-0.39, 0.29) is 5.78 Å². The summed E-state index contributed by atoms with van der Waals surface area (Å²) in [6.45, 7) is 9.72. The van der Waals surface area contributed by atoms with Crippen LogP contribution in [0.4, 0.5) is 0 Å². The number of nitrogens with zero attached hydrogens (tertiary/aromatic N) is 2. The molecule has 2 saturated heterocycles. The highest BCUT2D eigenvalue weighted by molar-refractivity contribution is 5.97. The second-order valence-electron chi connectivity index (χ2n) is 7.20. The molecular weight excluding hydrogens is 314 g/mol. The lowest BCUT2D eigenvalue weighted by Gasteiger charge is -2.26. The summed E-state index contributed by atoms with van der Waals surface area (Å²) in [4.78, 5) is 17.1. The van der Waals surface area contributed by atoms with Gasteiger partial charge in [-0.2, -0.15) is 0 Å². The fourth-order valence-electron chi connectivity index (χ4n) is 3.68. The van der Waals surface area contributed by atoms with E-state index in [1.165, 1.54) is 19.4 Å². The van der Waals surface area contributed by atoms with E-state index in [4.69, 9.17) is 4.74 Å². The molecule has 0 aliphatic carbocycles. The van der Waals surface area contributed by atoms with Crippen molar-refractivity contribution in [2.75, 3.05) is 52.4 Å². The second-order valence-corrected chi connectivity index (χ2v) is 7.20. The quantitative estimate of drug-likeness (QED) is 0.577. The number of nitrogens with one attached hydrogen (secondary N) is 1. The number of carbonyl (C=O) groups is 1. The summed E-state index contributed by atoms with van der Waals surface area (Å²) in [6.07, 6.45) is 3.70. The number of ketones is 1. The monoisotopic (exact) mass is 345 g/mol. The van der Waals surface area contributed by atoms with E-state index >= 15 is 0 Å². The maximum Gasteiger partial charge on any atom is 0.176 e. The largest absolute Gasteiger partial charge is 0.494 e. The Hall–Kier alpha value is -1.43. The summed E-state index contributed by atoms with van der Waals surface area (Å²) in [5.74, 6) is 1.05. The van der Waals surface area contributed by atoms with Crippen LogP contribution in [0, 0.1) is 0 Å². The highest BCUT2D eigenvalue weighted by atomic mass is 16.5. The SMILES string of the molecule is CC1CCCN1CCCOc1ccc(C(=O)CN2CCNCC2)cc1. The summed E-state index contributed by atoms with van der Waals surface area (Å²) in [5, 5.41) is 3.31. The Morgan fingerprint density at radius 2 is 1.96 bits per heavy atom. The van der Waals surface area contributed by atoms with Crippen LogP contribution in [0.3, 0.4) is 0 Å². The molecule has 1 atom stereocenters. The molecule has 0 spiro atoms. The van der Waals surface area contributed by atoms with Gasteiger partial charge in [0.25, 0.3) is 0 Å². The van der Waals surface area contributed by atoms with Gasteiger partial charge in [-0.1, -0.05) is 0 Å². The second kappa shape index (κ2) is 9.32. The van der Waals surface area contributed by atoms with Crippen LogP contribution in [-0.2, 0) is 0 Å². The molecule has 0 radical (unpaired) electrons. The molecule has 0 amide bonds. The third kappa shape index (κ3) is 5.53. The van der Waals surface area contributed by atoms with Crippen molar-refractivity contribution in [2.45, 2.75) is 32.2 Å². The number of piperazine rings is 1. The van der Waals surface area contributed by atoms with Crippen molar-refractivity contribution in [1.29, 1.82) is 0 Å². The minimum atomic E-state index is 0.191. The van der Waals surface area contributed by atoms with Crippen molar-refractivity contribution in [1.82, 2.24) is 15.1 Å². The van der Waals surface area contributed by atoms with Crippen LogP contribution in [-0.4, -0.2) is 74.0 Å². The molecule has 2 aliphatic rings. The summed E-state index contributed by atoms with van der Waals surface area (Å²) >= 11 is 0. The molecule has 1 aromatic carbocycles. The molecule has 5 heteroatoms. The van der Waals surface area contributed by atoms with Gasteiger partial charge in [-0.25, -0.2) is 0 Å². The fourth-order valence-corrected chi connectivity index (χ4v) is 3.68. The van der Waals surface area contributed by atoms with Crippen LogP contribution in [0.2, 0.25) is 0 Å². The number of Topliss-reactive ketones (excluding diaryl/α,β-unsaturated/α-hetero) is 1. The van der Waals surface area contributed by atoms with Gasteiger partial charge in [0.1, 0.15) is 5.75 Å². The van der Waals surface area contributed by atoms with Crippen LogP contribution in [0.1, 0.15) is 36.5 Å². The van der Waals surface area contributed by atoms with Gasteiger partial charge in [-0.05, 0) is 57.0 Å². The zero-order valence-electron chi connectivity index (χ0n) is 15.4. The number of likely N-dealkylation sites (tertiary alicyclic amines) is 1. The van der Waals surface area contributed by atoms with Crippen molar-refractivity contribution in [3.63, 3.8) is 0 Å². The van der Waals surface area contributed by atoms with Crippen molar-refractivity contribution in [3.8, 4) is 5.75 Å². The number of hydrogen-bond donors (Lipinski definition) is 1. The highest BCUT2D eigenvalue weighted by Crippen LogP contribution is 2.17. The molecule has 0 saturated carbocycles. The predicted octanol–water partition coefficient (Wildman–Crippen LogP) is 2.03. The van der Waals surface area contributed by atoms with E-state index < -0.39 is 0 Å². The van der Waals surface area contributed by atoms with Gasteiger partial charge >= 0.3 is 0 Å². The molecule has 1 aromatic rings. The van der Waals surface area contributed by atoms with Crippen LogP contribution >= 0.6 is 0 Å². The lowest BCUT2D eigenvalue weighted by Crippen LogP contribution is -2.45. The van der Waals surface area contributed by atoms with Crippen molar-refractivity contribution in [3.05, 3.63) is 29.8 Å². The lowest BCUT2D eigenvalue weighted by atomic mass is 10.1. The van der Waals surface area contributed by atoms with E-state index in [0.29, 0.717) is 6.54 Å². The molecule has 5 nitrogen and oxygen atoms in total. The maximum atomic E-state index is 12.4. The highest BCUT2D eigenvalue weighted by Gasteiger charge is 2.19. The topological polar surface area (TPSA) is 44.8 Å². The van der Waals surface area contributed by atoms with Crippen LogP contribution < -0.4 is 10.1 Å². The first kappa shape index (κ1) is 18.4. The van der Waals surface area contributed by atoms with E-state index in [1.807, 2.05) is 24.3 Å². The van der Waals surface area contributed by atoms with Crippen molar-refractivity contribution in [2.24, 2.45) is 0 Å². The average Bonchev–Trinajstić information content (AvgIpc) is 3.05. The van der Waals surface area contributed by atoms with Gasteiger partial charge in [0.15, 0.2) is 5.78 Å². The number of carbonyl (C=O) groups excluding carboxylic acids is 1. The number of ether oxygens (including phenoxy) is 1. The van der Waals surface area contributed by atoms with Gasteiger partial charge in [-0.3, -0.25) is 9.69 Å². The van der Waals surface area contributed by atoms with Gasteiger partial charge in [-0.15, -0.1) is 0 Å². The first-order valence-electron chi connectivity index (χ1n) is 9.65. The Morgan fingerprint density at radius 1 is 1.20 bits per heavy atom. The van der Waals surface area contributed by atoms with Gasteiger partial charge in [0.05, 0.1) is 13.2 Å². The molecule has 2 heterocycles. The molecule has 2 aliphatic heterocycles. The zero-order valence-corrected chi connectivity index (χ0v) is 15.4. The minimum absolute atomic E-state index is 0.191. The van der Waals surface area contributed by atoms with Crippen molar-refractivity contribution < 1.29 is 9.53 Å². The Labute approximate surface area is 151 Å². The van der Waals surface area contributed by atoms with Gasteiger partial charge in [0, 0.05) is 44.3 Å². The Bertz CT molecular complexity index is 540. The molecular formula is C20H31N3O2. The molecule has 25 heavy (non-hydrogen) atoms. The van der Waals surface area contributed by atoms with Crippen LogP contribution in [0.15, 0.2) is 24.3 Å². The normalized spacial score (nSPS) is 22.2. The van der Waals surface area contributed by atoms with E-state index in [0.717, 1.165) is 63.1 Å². The van der Waals surface area contributed by atoms with Crippen LogP contribution in [0.25, 0.3) is 0 Å². The zero-order chi connectivity index (χ0) is 17.5. The minimum Gasteiger partial charge on any atom is -0.494 e. The molecule has 0 bridgehead atoms. The molecule has 0 aromatic heterocycles. The number of rotatable bonds is 8. The molecule has 2 fully saturated rings. The van der Waals surface area contributed by atoms with E-state index in [9.17, 15) is 4.79 Å². The average molecular weight is 345 g/mol. The van der Waals surface area contributed by atoms with E-state index in [1.54, 1.807) is 0 Å². The lowest BCUT2D eigenvalue weighted by molar-refractivity contribution is 0.0921. The maximum absolute atomic E-state index is 12.4. The molecule has 138 valence electrons. The number of hydrogen-bond acceptors (Lipinski definition) is 5. The summed E-state index contributed by atoms with van der Waals surface area (Å²) in [6, 6.07) is 8.35. The first-order chi connectivity index (χ1) is 12.2.